The maximum absolute atomic E-state index is 11.8. The lowest BCUT2D eigenvalue weighted by atomic mass is 10.0. The van der Waals surface area contributed by atoms with Crippen LogP contribution in [0, 0.1) is 12.8 Å². The van der Waals surface area contributed by atoms with E-state index in [0.717, 1.165) is 11.3 Å². The lowest BCUT2D eigenvalue weighted by Crippen LogP contribution is -2.21. The van der Waals surface area contributed by atoms with E-state index in [2.05, 4.69) is 13.8 Å². The molecule has 0 heterocycles. The first-order chi connectivity index (χ1) is 7.50. The summed E-state index contributed by atoms with van der Waals surface area (Å²) in [5, 5.41) is 0. The molecule has 0 saturated heterocycles. The molecule has 2 N–H and O–H groups in total. The fraction of sp³-hybridized carbons (Fsp3) is 0.538. The van der Waals surface area contributed by atoms with E-state index in [4.69, 9.17) is 5.73 Å². The van der Waals surface area contributed by atoms with Crippen LogP contribution in [0.2, 0.25) is 0 Å². The topological polar surface area (TPSA) is 43.1 Å². The van der Waals surface area contributed by atoms with Gasteiger partial charge in [-0.25, -0.2) is 0 Å². The fourth-order valence-electron chi connectivity index (χ4n) is 1.73. The van der Waals surface area contributed by atoms with Gasteiger partial charge in [0.15, 0.2) is 0 Å². The molecule has 0 radical (unpaired) electrons. The van der Waals surface area contributed by atoms with Crippen LogP contribution < -0.4 is 5.73 Å². The summed E-state index contributed by atoms with van der Waals surface area (Å²) in [7, 11) is -0.814. The van der Waals surface area contributed by atoms with Crippen LogP contribution in [-0.2, 0) is 10.8 Å². The van der Waals surface area contributed by atoms with E-state index in [1.807, 2.05) is 31.2 Å². The lowest BCUT2D eigenvalue weighted by molar-refractivity contribution is 0.657. The van der Waals surface area contributed by atoms with Gasteiger partial charge in [-0.05, 0) is 24.0 Å². The molecule has 0 amide bonds. The van der Waals surface area contributed by atoms with Crippen molar-refractivity contribution < 1.29 is 4.21 Å². The third-order valence-corrected chi connectivity index (χ3v) is 4.24. The molecule has 0 aromatic heterocycles. The minimum atomic E-state index is -0.814. The second-order valence-electron chi connectivity index (χ2n) is 4.63. The molecule has 0 saturated carbocycles. The largest absolute Gasteiger partial charge is 0.323 e. The minimum Gasteiger partial charge on any atom is -0.323 e. The van der Waals surface area contributed by atoms with E-state index in [1.54, 1.807) is 0 Å². The van der Waals surface area contributed by atoms with Crippen LogP contribution in [0.4, 0.5) is 0 Å². The van der Waals surface area contributed by atoms with Crippen LogP contribution in [0.3, 0.4) is 0 Å². The molecule has 2 atom stereocenters. The molecule has 1 aromatic rings. The van der Waals surface area contributed by atoms with Crippen molar-refractivity contribution in [1.29, 1.82) is 0 Å². The van der Waals surface area contributed by atoms with Crippen molar-refractivity contribution in [1.82, 2.24) is 0 Å². The number of rotatable bonds is 5. The number of hydrogen-bond acceptors (Lipinski definition) is 2. The van der Waals surface area contributed by atoms with Crippen molar-refractivity contribution >= 4 is 10.8 Å². The van der Waals surface area contributed by atoms with Crippen LogP contribution >= 0.6 is 0 Å². The highest BCUT2D eigenvalue weighted by atomic mass is 32.2. The number of aryl methyl sites for hydroxylation is 1. The summed E-state index contributed by atoms with van der Waals surface area (Å²) >= 11 is 0. The fourth-order valence-corrected chi connectivity index (χ4v) is 3.19. The molecule has 0 aliphatic heterocycles. The zero-order chi connectivity index (χ0) is 12.1. The van der Waals surface area contributed by atoms with Gasteiger partial charge in [0.1, 0.15) is 0 Å². The third-order valence-electron chi connectivity index (χ3n) is 2.47. The second-order valence-corrected chi connectivity index (χ2v) is 6.18. The number of hydrogen-bond donors (Lipinski definition) is 1. The standard InChI is InChI=1S/C13H21NOS/c1-10(2)8-16(15)9-13(14)12-7-5-4-6-11(12)3/h4-7,10,13H,8-9,14H2,1-3H3. The molecule has 0 bridgehead atoms. The van der Waals surface area contributed by atoms with Gasteiger partial charge in [-0.3, -0.25) is 4.21 Å². The molecule has 0 aliphatic carbocycles. The van der Waals surface area contributed by atoms with Crippen LogP contribution in [0.15, 0.2) is 24.3 Å². The predicted molar refractivity (Wildman–Crippen MR) is 70.8 cm³/mol. The summed E-state index contributed by atoms with van der Waals surface area (Å²) in [6.07, 6.45) is 0. The highest BCUT2D eigenvalue weighted by molar-refractivity contribution is 7.85. The smallest absolute Gasteiger partial charge is 0.0428 e. The number of benzene rings is 1. The minimum absolute atomic E-state index is 0.110. The summed E-state index contributed by atoms with van der Waals surface area (Å²) < 4.78 is 11.8. The Kier molecular flexibility index (Phi) is 5.16. The third kappa shape index (κ3) is 4.06. The molecule has 0 aliphatic rings. The average Bonchev–Trinajstić information content (AvgIpc) is 2.16. The van der Waals surface area contributed by atoms with Crippen LogP contribution in [0.25, 0.3) is 0 Å². The van der Waals surface area contributed by atoms with Gasteiger partial charge in [-0.2, -0.15) is 0 Å². The first-order valence-corrected chi connectivity index (χ1v) is 7.15. The Balaban J connectivity index is 2.62. The van der Waals surface area contributed by atoms with Crippen molar-refractivity contribution in [2.75, 3.05) is 11.5 Å². The summed E-state index contributed by atoms with van der Waals surface area (Å²) in [6, 6.07) is 7.93. The van der Waals surface area contributed by atoms with Gasteiger partial charge in [-0.15, -0.1) is 0 Å². The van der Waals surface area contributed by atoms with Crippen molar-refractivity contribution in [2.45, 2.75) is 26.8 Å². The Morgan fingerprint density at radius 1 is 1.25 bits per heavy atom. The summed E-state index contributed by atoms with van der Waals surface area (Å²) in [5.74, 6) is 1.76. The first-order valence-electron chi connectivity index (χ1n) is 5.66. The Morgan fingerprint density at radius 3 is 2.44 bits per heavy atom. The van der Waals surface area contributed by atoms with E-state index in [-0.39, 0.29) is 6.04 Å². The summed E-state index contributed by atoms with van der Waals surface area (Å²) in [6.45, 7) is 6.20. The van der Waals surface area contributed by atoms with Gasteiger partial charge in [0.2, 0.25) is 0 Å². The Morgan fingerprint density at radius 2 is 1.88 bits per heavy atom. The molecular formula is C13H21NOS. The molecular weight excluding hydrogens is 218 g/mol. The molecule has 16 heavy (non-hydrogen) atoms. The zero-order valence-electron chi connectivity index (χ0n) is 10.3. The van der Waals surface area contributed by atoms with E-state index >= 15 is 0 Å². The summed E-state index contributed by atoms with van der Waals surface area (Å²) in [5.41, 5.74) is 8.37. The predicted octanol–water partition coefficient (Wildman–Crippen LogP) is 2.40. The van der Waals surface area contributed by atoms with Gasteiger partial charge in [0.05, 0.1) is 0 Å². The SMILES string of the molecule is Cc1ccccc1C(N)CS(=O)CC(C)C. The van der Waals surface area contributed by atoms with E-state index < -0.39 is 10.8 Å². The molecule has 0 fully saturated rings. The van der Waals surface area contributed by atoms with Crippen molar-refractivity contribution in [3.8, 4) is 0 Å². The zero-order valence-corrected chi connectivity index (χ0v) is 11.1. The van der Waals surface area contributed by atoms with Gasteiger partial charge in [0, 0.05) is 28.3 Å². The van der Waals surface area contributed by atoms with E-state index in [9.17, 15) is 4.21 Å². The molecule has 3 heteroatoms. The normalized spacial score (nSPS) is 15.1. The van der Waals surface area contributed by atoms with Gasteiger partial charge >= 0.3 is 0 Å². The van der Waals surface area contributed by atoms with Gasteiger partial charge in [0.25, 0.3) is 0 Å². The Bertz CT molecular complexity index is 363. The van der Waals surface area contributed by atoms with E-state index in [1.165, 1.54) is 5.56 Å². The summed E-state index contributed by atoms with van der Waals surface area (Å²) in [4.78, 5) is 0. The molecule has 0 spiro atoms. The highest BCUT2D eigenvalue weighted by Gasteiger charge is 2.13. The van der Waals surface area contributed by atoms with Crippen LogP contribution in [0.5, 0.6) is 0 Å². The number of nitrogens with two attached hydrogens (primary N) is 1. The quantitative estimate of drug-likeness (QED) is 0.857. The molecule has 1 rings (SSSR count). The Hall–Kier alpha value is -0.670. The van der Waals surface area contributed by atoms with E-state index in [0.29, 0.717) is 11.7 Å². The molecule has 2 nitrogen and oxygen atoms in total. The van der Waals surface area contributed by atoms with Gasteiger partial charge in [-0.1, -0.05) is 38.1 Å². The van der Waals surface area contributed by atoms with Crippen molar-refractivity contribution in [2.24, 2.45) is 11.7 Å². The molecule has 90 valence electrons. The maximum Gasteiger partial charge on any atom is 0.0428 e. The highest BCUT2D eigenvalue weighted by Crippen LogP contribution is 2.16. The van der Waals surface area contributed by atoms with Crippen LogP contribution in [-0.4, -0.2) is 15.7 Å². The average molecular weight is 239 g/mol. The lowest BCUT2D eigenvalue weighted by Gasteiger charge is -2.15. The monoisotopic (exact) mass is 239 g/mol. The molecule has 1 aromatic carbocycles. The maximum atomic E-state index is 11.8. The van der Waals surface area contributed by atoms with Gasteiger partial charge < -0.3 is 5.73 Å². The second kappa shape index (κ2) is 6.16. The van der Waals surface area contributed by atoms with Crippen molar-refractivity contribution in [3.05, 3.63) is 35.4 Å². The Labute approximate surface area is 101 Å². The molecule has 2 unspecified atom stereocenters. The first kappa shape index (κ1) is 13.4. The van der Waals surface area contributed by atoms with Crippen molar-refractivity contribution in [3.63, 3.8) is 0 Å². The van der Waals surface area contributed by atoms with Crippen LogP contribution in [0.1, 0.15) is 31.0 Å².